The summed E-state index contributed by atoms with van der Waals surface area (Å²) >= 11 is 0. The third-order valence-electron chi connectivity index (χ3n) is 8.62. The quantitative estimate of drug-likeness (QED) is 0.574. The molecule has 0 aliphatic carbocycles. The number of aliphatic hydroxyl groups excluding tert-OH is 1. The SMILES string of the molecule is COc1ccc2c3c(n(C)c2c1)[C@H](CO)N(Cc1ccccc1F)CC31CN(C(=O)C2CCOCC2)C1. The van der Waals surface area contributed by atoms with Crippen molar-refractivity contribution >= 4 is 16.8 Å². The molecule has 2 fully saturated rings. The Morgan fingerprint density at radius 2 is 1.92 bits per heavy atom. The molecule has 0 bridgehead atoms. The van der Waals surface area contributed by atoms with Gasteiger partial charge in [0.05, 0.1) is 25.3 Å². The molecule has 4 heterocycles. The van der Waals surface area contributed by atoms with Crippen LogP contribution in [0.1, 0.15) is 35.7 Å². The average Bonchev–Trinajstić information content (AvgIpc) is 3.20. The van der Waals surface area contributed by atoms with Gasteiger partial charge in [0.1, 0.15) is 11.6 Å². The summed E-state index contributed by atoms with van der Waals surface area (Å²) < 4.78 is 27.8. The van der Waals surface area contributed by atoms with Gasteiger partial charge in [0, 0.05) is 80.5 Å². The molecule has 0 radical (unpaired) electrons. The number of aryl methyl sites for hydroxylation is 1. The predicted molar refractivity (Wildman–Crippen MR) is 138 cm³/mol. The van der Waals surface area contributed by atoms with Gasteiger partial charge < -0.3 is 24.0 Å². The highest BCUT2D eigenvalue weighted by atomic mass is 19.1. The Bertz CT molecular complexity index is 1330. The number of hydrogen-bond acceptors (Lipinski definition) is 5. The van der Waals surface area contributed by atoms with Crippen LogP contribution in [-0.2, 0) is 28.5 Å². The Balaban J connectivity index is 1.42. The van der Waals surface area contributed by atoms with Gasteiger partial charge in [0.15, 0.2) is 0 Å². The highest BCUT2D eigenvalue weighted by Gasteiger charge is 2.55. The number of fused-ring (bicyclic) bond motifs is 4. The number of nitrogens with zero attached hydrogens (tertiary/aromatic N) is 3. The van der Waals surface area contributed by atoms with Gasteiger partial charge >= 0.3 is 0 Å². The van der Waals surface area contributed by atoms with Crippen LogP contribution in [0.15, 0.2) is 42.5 Å². The number of methoxy groups -OCH3 is 1. The minimum atomic E-state index is -0.290. The molecule has 2 saturated heterocycles. The van der Waals surface area contributed by atoms with E-state index in [1.807, 2.05) is 30.1 Å². The Morgan fingerprint density at radius 3 is 2.62 bits per heavy atom. The summed E-state index contributed by atoms with van der Waals surface area (Å²) in [6.07, 6.45) is 1.54. The third-order valence-corrected chi connectivity index (χ3v) is 8.62. The van der Waals surface area contributed by atoms with Crippen molar-refractivity contribution < 1.29 is 23.8 Å². The fourth-order valence-electron chi connectivity index (χ4n) is 6.78. The zero-order valence-corrected chi connectivity index (χ0v) is 21.5. The van der Waals surface area contributed by atoms with Gasteiger partial charge in [-0.3, -0.25) is 9.69 Å². The van der Waals surface area contributed by atoms with Crippen LogP contribution in [0, 0.1) is 11.7 Å². The number of ether oxygens (including phenoxy) is 2. The summed E-state index contributed by atoms with van der Waals surface area (Å²) in [6, 6.07) is 12.6. The maximum absolute atomic E-state index is 14.7. The van der Waals surface area contributed by atoms with E-state index in [0.29, 0.717) is 45.0 Å². The van der Waals surface area contributed by atoms with Crippen LogP contribution in [0.3, 0.4) is 0 Å². The number of hydrogen-bond donors (Lipinski definition) is 1. The van der Waals surface area contributed by atoms with E-state index in [9.17, 15) is 14.3 Å². The summed E-state index contributed by atoms with van der Waals surface area (Å²) in [4.78, 5) is 17.5. The van der Waals surface area contributed by atoms with Crippen LogP contribution in [0.25, 0.3) is 10.9 Å². The standard InChI is InChI=1S/C29H34FN3O4/c1-31-24-13-21(36-2)7-8-22(24)26-27(31)25(15-34)32(14-20-5-3-4-6-23(20)30)16-29(26)17-33(18-29)28(35)19-9-11-37-12-10-19/h3-8,13,19,25,34H,9-12,14-18H2,1-2H3/t25-/m0/s1. The molecular weight excluding hydrogens is 473 g/mol. The van der Waals surface area contributed by atoms with E-state index in [0.717, 1.165) is 35.2 Å². The fourth-order valence-corrected chi connectivity index (χ4v) is 6.78. The van der Waals surface area contributed by atoms with Crippen LogP contribution < -0.4 is 4.74 Å². The van der Waals surface area contributed by atoms with Gasteiger partial charge in [-0.15, -0.1) is 0 Å². The van der Waals surface area contributed by atoms with E-state index in [1.165, 1.54) is 11.6 Å². The molecule has 196 valence electrons. The van der Waals surface area contributed by atoms with Crippen molar-refractivity contribution in [2.45, 2.75) is 30.8 Å². The second kappa shape index (κ2) is 9.42. The summed E-state index contributed by atoms with van der Waals surface area (Å²) in [7, 11) is 3.68. The lowest BCUT2D eigenvalue weighted by atomic mass is 9.68. The van der Waals surface area contributed by atoms with Gasteiger partial charge in [-0.05, 0) is 36.6 Å². The zero-order chi connectivity index (χ0) is 25.7. The molecule has 6 rings (SSSR count). The van der Waals surface area contributed by atoms with E-state index in [4.69, 9.17) is 9.47 Å². The van der Waals surface area contributed by atoms with Gasteiger partial charge in [-0.25, -0.2) is 4.39 Å². The van der Waals surface area contributed by atoms with E-state index >= 15 is 0 Å². The molecule has 0 saturated carbocycles. The molecule has 3 aliphatic rings. The molecule has 3 aliphatic heterocycles. The first kappa shape index (κ1) is 24.4. The minimum Gasteiger partial charge on any atom is -0.497 e. The van der Waals surface area contributed by atoms with Crippen molar-refractivity contribution in [1.29, 1.82) is 0 Å². The molecule has 37 heavy (non-hydrogen) atoms. The zero-order valence-electron chi connectivity index (χ0n) is 21.5. The molecule has 3 aromatic rings. The minimum absolute atomic E-state index is 0.0191. The highest BCUT2D eigenvalue weighted by molar-refractivity contribution is 5.90. The Hall–Kier alpha value is -2.94. The van der Waals surface area contributed by atoms with Crippen molar-refractivity contribution in [3.8, 4) is 5.75 Å². The molecular formula is C29H34FN3O4. The Morgan fingerprint density at radius 1 is 1.16 bits per heavy atom. The van der Waals surface area contributed by atoms with Gasteiger partial charge in [-0.1, -0.05) is 18.2 Å². The van der Waals surface area contributed by atoms with Crippen LogP contribution in [0.5, 0.6) is 5.75 Å². The van der Waals surface area contributed by atoms with Crippen LogP contribution in [0.2, 0.25) is 0 Å². The number of aliphatic hydroxyl groups is 1. The van der Waals surface area contributed by atoms with E-state index < -0.39 is 0 Å². The van der Waals surface area contributed by atoms with E-state index in [-0.39, 0.29) is 35.7 Å². The second-order valence-electron chi connectivity index (χ2n) is 10.8. The molecule has 1 aromatic heterocycles. The normalized spacial score (nSPS) is 21.7. The number of aromatic nitrogens is 1. The summed E-state index contributed by atoms with van der Waals surface area (Å²) in [6.45, 7) is 3.46. The molecule has 8 heteroatoms. The first-order valence-electron chi connectivity index (χ1n) is 13.1. The van der Waals surface area contributed by atoms with Crippen molar-refractivity contribution in [2.24, 2.45) is 13.0 Å². The van der Waals surface area contributed by atoms with Crippen molar-refractivity contribution in [2.75, 3.05) is 46.6 Å². The number of amides is 1. The van der Waals surface area contributed by atoms with Crippen LogP contribution >= 0.6 is 0 Å². The van der Waals surface area contributed by atoms with E-state index in [1.54, 1.807) is 19.2 Å². The number of rotatable bonds is 5. The summed E-state index contributed by atoms with van der Waals surface area (Å²) in [5.41, 5.74) is 3.58. The predicted octanol–water partition coefficient (Wildman–Crippen LogP) is 3.38. The van der Waals surface area contributed by atoms with Gasteiger partial charge in [-0.2, -0.15) is 0 Å². The first-order valence-corrected chi connectivity index (χ1v) is 13.1. The number of carbonyl (C=O) groups is 1. The molecule has 7 nitrogen and oxygen atoms in total. The highest BCUT2D eigenvalue weighted by Crippen LogP contribution is 2.50. The second-order valence-corrected chi connectivity index (χ2v) is 10.8. The van der Waals surface area contributed by atoms with Crippen molar-refractivity contribution in [3.63, 3.8) is 0 Å². The number of halogens is 1. The molecule has 1 amide bonds. The average molecular weight is 508 g/mol. The number of likely N-dealkylation sites (tertiary alicyclic amines) is 1. The lowest BCUT2D eigenvalue weighted by molar-refractivity contribution is -0.148. The number of benzene rings is 2. The lowest BCUT2D eigenvalue weighted by Crippen LogP contribution is -2.68. The molecule has 1 N–H and O–H groups in total. The summed E-state index contributed by atoms with van der Waals surface area (Å²) in [5.74, 6) is 0.756. The monoisotopic (exact) mass is 507 g/mol. The smallest absolute Gasteiger partial charge is 0.225 e. The van der Waals surface area contributed by atoms with E-state index in [2.05, 4.69) is 15.5 Å². The summed E-state index contributed by atoms with van der Waals surface area (Å²) in [5, 5.41) is 11.8. The van der Waals surface area contributed by atoms with Crippen molar-refractivity contribution in [3.05, 3.63) is 65.1 Å². The first-order chi connectivity index (χ1) is 18.0. The van der Waals surface area contributed by atoms with Crippen LogP contribution in [0.4, 0.5) is 4.39 Å². The maximum atomic E-state index is 14.7. The fraction of sp³-hybridized carbons (Fsp3) is 0.483. The lowest BCUT2D eigenvalue weighted by Gasteiger charge is -2.57. The molecule has 0 unspecified atom stereocenters. The number of carbonyl (C=O) groups excluding carboxylic acids is 1. The Kier molecular flexibility index (Phi) is 6.21. The molecule has 1 spiro atoms. The largest absolute Gasteiger partial charge is 0.497 e. The van der Waals surface area contributed by atoms with Gasteiger partial charge in [0.2, 0.25) is 5.91 Å². The topological polar surface area (TPSA) is 67.2 Å². The van der Waals surface area contributed by atoms with Crippen molar-refractivity contribution in [1.82, 2.24) is 14.4 Å². The van der Waals surface area contributed by atoms with Gasteiger partial charge in [0.25, 0.3) is 0 Å². The van der Waals surface area contributed by atoms with Crippen LogP contribution in [-0.4, -0.2) is 71.9 Å². The molecule has 2 aromatic carbocycles. The Labute approximate surface area is 216 Å². The maximum Gasteiger partial charge on any atom is 0.225 e. The molecule has 1 atom stereocenters. The third kappa shape index (κ3) is 3.93.